The smallest absolute Gasteiger partial charge is 0.0626 e. The van der Waals surface area contributed by atoms with Crippen LogP contribution in [0.4, 0.5) is 5.69 Å². The molecule has 1 aromatic heterocycles. The lowest BCUT2D eigenvalue weighted by Crippen LogP contribution is -2.33. The van der Waals surface area contributed by atoms with Crippen molar-refractivity contribution in [2.45, 2.75) is 12.5 Å². The number of benzene rings is 1. The Morgan fingerprint density at radius 1 is 1.35 bits per heavy atom. The van der Waals surface area contributed by atoms with E-state index in [2.05, 4.69) is 59.3 Å². The molecule has 3 nitrogen and oxygen atoms in total. The molecule has 0 aliphatic carbocycles. The summed E-state index contributed by atoms with van der Waals surface area (Å²) in [5.74, 6) is 0. The Kier molecular flexibility index (Phi) is 2.56. The lowest BCUT2D eigenvalue weighted by atomic mass is 10.2. The van der Waals surface area contributed by atoms with Gasteiger partial charge in [0.1, 0.15) is 0 Å². The predicted octanol–water partition coefficient (Wildman–Crippen LogP) is 1.98. The second-order valence-electron chi connectivity index (χ2n) is 4.90. The SMILES string of the molecule is CN(c1cn(C)c2ccccc12)C1CCNC1. The minimum Gasteiger partial charge on any atom is -0.369 e. The quantitative estimate of drug-likeness (QED) is 0.849. The zero-order valence-electron chi connectivity index (χ0n) is 10.5. The number of rotatable bonds is 2. The number of fused-ring (bicyclic) bond motifs is 1. The van der Waals surface area contributed by atoms with Crippen molar-refractivity contribution < 1.29 is 0 Å². The topological polar surface area (TPSA) is 20.2 Å². The summed E-state index contributed by atoms with van der Waals surface area (Å²) in [5, 5.41) is 4.78. The van der Waals surface area contributed by atoms with Crippen LogP contribution in [-0.4, -0.2) is 30.7 Å². The molecule has 0 saturated carbocycles. The van der Waals surface area contributed by atoms with Gasteiger partial charge in [0.05, 0.1) is 5.69 Å². The van der Waals surface area contributed by atoms with E-state index >= 15 is 0 Å². The van der Waals surface area contributed by atoms with Crippen LogP contribution in [0.25, 0.3) is 10.9 Å². The third kappa shape index (κ3) is 1.71. The number of likely N-dealkylation sites (N-methyl/N-ethyl adjacent to an activating group) is 1. The van der Waals surface area contributed by atoms with Crippen molar-refractivity contribution in [2.24, 2.45) is 7.05 Å². The molecule has 0 bridgehead atoms. The van der Waals surface area contributed by atoms with E-state index in [1.54, 1.807) is 0 Å². The molecule has 1 N–H and O–H groups in total. The van der Waals surface area contributed by atoms with Crippen LogP contribution in [0.1, 0.15) is 6.42 Å². The summed E-state index contributed by atoms with van der Waals surface area (Å²) in [6.45, 7) is 2.24. The van der Waals surface area contributed by atoms with Gasteiger partial charge in [-0.25, -0.2) is 0 Å². The van der Waals surface area contributed by atoms with E-state index in [-0.39, 0.29) is 0 Å². The molecular formula is C14H19N3. The minimum atomic E-state index is 0.626. The van der Waals surface area contributed by atoms with E-state index in [0.717, 1.165) is 13.1 Å². The van der Waals surface area contributed by atoms with Gasteiger partial charge in [0, 0.05) is 43.8 Å². The Morgan fingerprint density at radius 3 is 2.94 bits per heavy atom. The van der Waals surface area contributed by atoms with Gasteiger partial charge < -0.3 is 14.8 Å². The third-order valence-electron chi connectivity index (χ3n) is 3.84. The first-order chi connectivity index (χ1) is 8.27. The zero-order valence-corrected chi connectivity index (χ0v) is 10.5. The monoisotopic (exact) mass is 229 g/mol. The molecule has 2 heterocycles. The van der Waals surface area contributed by atoms with Crippen LogP contribution >= 0.6 is 0 Å². The summed E-state index contributed by atoms with van der Waals surface area (Å²) < 4.78 is 2.21. The van der Waals surface area contributed by atoms with Crippen LogP contribution in [-0.2, 0) is 7.05 Å². The summed E-state index contributed by atoms with van der Waals surface area (Å²) in [6, 6.07) is 9.24. The van der Waals surface area contributed by atoms with E-state index in [4.69, 9.17) is 0 Å². The third-order valence-corrected chi connectivity index (χ3v) is 3.84. The Morgan fingerprint density at radius 2 is 2.18 bits per heavy atom. The van der Waals surface area contributed by atoms with Crippen molar-refractivity contribution in [1.82, 2.24) is 9.88 Å². The van der Waals surface area contributed by atoms with E-state index < -0.39 is 0 Å². The normalized spacial score (nSPS) is 20.0. The van der Waals surface area contributed by atoms with Gasteiger partial charge in [0.2, 0.25) is 0 Å². The van der Waals surface area contributed by atoms with Gasteiger partial charge in [0.15, 0.2) is 0 Å². The Labute approximate surface area is 102 Å². The van der Waals surface area contributed by atoms with Gasteiger partial charge in [-0.05, 0) is 19.0 Å². The Balaban J connectivity index is 2.04. The van der Waals surface area contributed by atoms with E-state index in [9.17, 15) is 0 Å². The standard InChI is InChI=1S/C14H19N3/c1-16-10-14(12-5-3-4-6-13(12)16)17(2)11-7-8-15-9-11/h3-6,10-11,15H,7-9H2,1-2H3. The van der Waals surface area contributed by atoms with Crippen molar-refractivity contribution in [3.8, 4) is 0 Å². The van der Waals surface area contributed by atoms with Gasteiger partial charge in [-0.1, -0.05) is 18.2 Å². The number of nitrogens with zero attached hydrogens (tertiary/aromatic N) is 2. The van der Waals surface area contributed by atoms with Crippen LogP contribution < -0.4 is 10.2 Å². The maximum atomic E-state index is 3.43. The molecule has 1 atom stereocenters. The predicted molar refractivity (Wildman–Crippen MR) is 72.6 cm³/mol. The van der Waals surface area contributed by atoms with Gasteiger partial charge in [-0.15, -0.1) is 0 Å². The van der Waals surface area contributed by atoms with Crippen molar-refractivity contribution in [3.05, 3.63) is 30.5 Å². The van der Waals surface area contributed by atoms with Crippen LogP contribution in [0.2, 0.25) is 0 Å². The number of para-hydroxylation sites is 1. The fourth-order valence-electron chi connectivity index (χ4n) is 2.77. The average Bonchev–Trinajstić information content (AvgIpc) is 2.97. The first-order valence-corrected chi connectivity index (χ1v) is 6.25. The molecule has 3 rings (SSSR count). The molecule has 1 saturated heterocycles. The fourth-order valence-corrected chi connectivity index (χ4v) is 2.77. The highest BCUT2D eigenvalue weighted by molar-refractivity contribution is 5.93. The van der Waals surface area contributed by atoms with E-state index in [1.165, 1.54) is 23.0 Å². The van der Waals surface area contributed by atoms with Gasteiger partial charge in [-0.2, -0.15) is 0 Å². The van der Waals surface area contributed by atoms with Crippen molar-refractivity contribution in [2.75, 3.05) is 25.0 Å². The molecule has 0 spiro atoms. The molecule has 1 aliphatic rings. The average molecular weight is 229 g/mol. The van der Waals surface area contributed by atoms with Gasteiger partial charge in [0.25, 0.3) is 0 Å². The summed E-state index contributed by atoms with van der Waals surface area (Å²) in [7, 11) is 4.33. The van der Waals surface area contributed by atoms with Crippen LogP contribution in [0.15, 0.2) is 30.5 Å². The molecule has 0 radical (unpaired) electrons. The summed E-state index contributed by atoms with van der Waals surface area (Å²) in [5.41, 5.74) is 2.65. The van der Waals surface area contributed by atoms with Crippen LogP contribution in [0.3, 0.4) is 0 Å². The minimum absolute atomic E-state index is 0.626. The van der Waals surface area contributed by atoms with Crippen molar-refractivity contribution in [3.63, 3.8) is 0 Å². The molecular weight excluding hydrogens is 210 g/mol. The number of hydrogen-bond donors (Lipinski definition) is 1. The van der Waals surface area contributed by atoms with Gasteiger partial charge >= 0.3 is 0 Å². The fraction of sp³-hybridized carbons (Fsp3) is 0.429. The van der Waals surface area contributed by atoms with E-state index in [0.29, 0.717) is 6.04 Å². The maximum Gasteiger partial charge on any atom is 0.0626 e. The molecule has 1 aromatic carbocycles. The molecule has 2 aromatic rings. The highest BCUT2D eigenvalue weighted by atomic mass is 15.2. The first-order valence-electron chi connectivity index (χ1n) is 6.25. The zero-order chi connectivity index (χ0) is 11.8. The van der Waals surface area contributed by atoms with Crippen LogP contribution in [0.5, 0.6) is 0 Å². The highest BCUT2D eigenvalue weighted by Gasteiger charge is 2.21. The number of anilines is 1. The van der Waals surface area contributed by atoms with Crippen LogP contribution in [0, 0.1) is 0 Å². The number of nitrogens with one attached hydrogen (secondary N) is 1. The number of hydrogen-bond acceptors (Lipinski definition) is 2. The molecule has 17 heavy (non-hydrogen) atoms. The molecule has 90 valence electrons. The van der Waals surface area contributed by atoms with Gasteiger partial charge in [-0.3, -0.25) is 0 Å². The molecule has 1 unspecified atom stereocenters. The second kappa shape index (κ2) is 4.08. The lowest BCUT2D eigenvalue weighted by molar-refractivity contribution is 0.686. The maximum absolute atomic E-state index is 3.43. The molecule has 1 fully saturated rings. The highest BCUT2D eigenvalue weighted by Crippen LogP contribution is 2.29. The Hall–Kier alpha value is -1.48. The number of aryl methyl sites for hydroxylation is 1. The lowest BCUT2D eigenvalue weighted by Gasteiger charge is -2.25. The first kappa shape index (κ1) is 10.7. The summed E-state index contributed by atoms with van der Waals surface area (Å²) in [4.78, 5) is 2.42. The van der Waals surface area contributed by atoms with E-state index in [1.807, 2.05) is 0 Å². The molecule has 3 heteroatoms. The largest absolute Gasteiger partial charge is 0.369 e. The van der Waals surface area contributed by atoms with Crippen molar-refractivity contribution in [1.29, 1.82) is 0 Å². The molecule has 0 amide bonds. The van der Waals surface area contributed by atoms with Crippen molar-refractivity contribution >= 4 is 16.6 Å². The second-order valence-corrected chi connectivity index (χ2v) is 4.90. The summed E-state index contributed by atoms with van der Waals surface area (Å²) in [6.07, 6.45) is 3.47. The Bertz CT molecular complexity index is 523. The number of aromatic nitrogens is 1. The molecule has 1 aliphatic heterocycles. The summed E-state index contributed by atoms with van der Waals surface area (Å²) >= 11 is 0.